The molecule has 0 unspecified atom stereocenters. The van der Waals surface area contributed by atoms with Gasteiger partial charge >= 0.3 is 0 Å². The molecule has 0 radical (unpaired) electrons. The molecule has 0 aliphatic carbocycles. The Bertz CT molecular complexity index is 1020. The van der Waals surface area contributed by atoms with Gasteiger partial charge in [-0.3, -0.25) is 9.59 Å². The van der Waals surface area contributed by atoms with Gasteiger partial charge in [-0.15, -0.1) is 0 Å². The van der Waals surface area contributed by atoms with Crippen LogP contribution >= 0.6 is 0 Å². The molecule has 5 rings (SSSR count). The minimum absolute atomic E-state index is 0.0149. The Hall–Kier alpha value is -3.42. The number of carbonyl (C=O) groups is 2. The molecule has 3 heterocycles. The van der Waals surface area contributed by atoms with E-state index in [-0.39, 0.29) is 37.6 Å². The number of carbonyl (C=O) groups excluding carboxylic acids is 2. The topological polar surface area (TPSA) is 86.3 Å². The highest BCUT2D eigenvalue weighted by Crippen LogP contribution is 2.48. The van der Waals surface area contributed by atoms with Crippen molar-refractivity contribution in [1.82, 2.24) is 0 Å². The van der Waals surface area contributed by atoms with Gasteiger partial charge in [0.2, 0.25) is 18.4 Å². The number of amides is 2. The maximum atomic E-state index is 12.4. The number of hydrogen-bond acceptors (Lipinski definition) is 6. The van der Waals surface area contributed by atoms with E-state index in [9.17, 15) is 9.59 Å². The molecule has 1 atom stereocenters. The van der Waals surface area contributed by atoms with Crippen LogP contribution in [-0.4, -0.2) is 39.4 Å². The van der Waals surface area contributed by atoms with Crippen LogP contribution in [0.5, 0.6) is 23.0 Å². The average molecular weight is 382 g/mol. The summed E-state index contributed by atoms with van der Waals surface area (Å²) in [5, 5.41) is 2.91. The number of nitrogens with one attached hydrogen (secondary N) is 1. The van der Waals surface area contributed by atoms with E-state index in [0.717, 1.165) is 11.1 Å². The number of methoxy groups -OCH3 is 1. The number of hydrogen-bond donors (Lipinski definition) is 1. The molecular weight excluding hydrogens is 364 g/mol. The highest BCUT2D eigenvalue weighted by atomic mass is 16.7. The van der Waals surface area contributed by atoms with Gasteiger partial charge in [0.15, 0.2) is 18.1 Å². The van der Waals surface area contributed by atoms with Crippen molar-refractivity contribution < 1.29 is 28.5 Å². The van der Waals surface area contributed by atoms with Crippen LogP contribution in [0, 0.1) is 0 Å². The third kappa shape index (κ3) is 2.45. The molecule has 0 fully saturated rings. The van der Waals surface area contributed by atoms with Crippen molar-refractivity contribution in [2.75, 3.05) is 37.8 Å². The molecule has 144 valence electrons. The molecule has 3 aliphatic rings. The van der Waals surface area contributed by atoms with Gasteiger partial charge < -0.3 is 29.2 Å². The molecular formula is C20H18N2O6. The van der Waals surface area contributed by atoms with Gasteiger partial charge in [0, 0.05) is 31.1 Å². The van der Waals surface area contributed by atoms with Crippen molar-refractivity contribution in [3.63, 3.8) is 0 Å². The zero-order chi connectivity index (χ0) is 19.4. The Morgan fingerprint density at radius 2 is 1.96 bits per heavy atom. The minimum Gasteiger partial charge on any atom is -0.493 e. The number of nitrogens with zero attached hydrogens (tertiary/aromatic N) is 1. The largest absolute Gasteiger partial charge is 0.493 e. The molecule has 8 heteroatoms. The zero-order valence-corrected chi connectivity index (χ0v) is 15.4. The summed E-state index contributed by atoms with van der Waals surface area (Å²) < 4.78 is 22.0. The first-order valence-corrected chi connectivity index (χ1v) is 8.90. The van der Waals surface area contributed by atoms with Crippen LogP contribution in [0.25, 0.3) is 0 Å². The second kappa shape index (κ2) is 6.05. The molecule has 1 N–H and O–H groups in total. The third-order valence-electron chi connectivity index (χ3n) is 5.34. The highest BCUT2D eigenvalue weighted by Gasteiger charge is 2.33. The predicted octanol–water partition coefficient (Wildman–Crippen LogP) is 2.25. The summed E-state index contributed by atoms with van der Waals surface area (Å²) in [5.41, 5.74) is 3.15. The first-order chi connectivity index (χ1) is 13.5. The number of fused-ring (bicyclic) bond motifs is 3. The number of likely N-dealkylation sites (N-methyl/N-ethyl adjacent to an activating group) is 1. The number of ether oxygens (including phenoxy) is 4. The van der Waals surface area contributed by atoms with Crippen LogP contribution in [-0.2, 0) is 9.59 Å². The van der Waals surface area contributed by atoms with E-state index in [0.29, 0.717) is 34.4 Å². The smallest absolute Gasteiger partial charge is 0.264 e. The molecule has 0 aromatic heterocycles. The lowest BCUT2D eigenvalue weighted by atomic mass is 9.84. The molecule has 8 nitrogen and oxygen atoms in total. The van der Waals surface area contributed by atoms with Crippen LogP contribution in [0.3, 0.4) is 0 Å². The molecule has 0 saturated heterocycles. The fourth-order valence-electron chi connectivity index (χ4n) is 3.87. The first kappa shape index (κ1) is 16.7. The van der Waals surface area contributed by atoms with E-state index in [1.54, 1.807) is 25.1 Å². The predicted molar refractivity (Wildman–Crippen MR) is 99.6 cm³/mol. The molecule has 0 spiro atoms. The van der Waals surface area contributed by atoms with E-state index in [1.165, 1.54) is 0 Å². The molecule has 0 saturated carbocycles. The Labute approximate surface area is 160 Å². The van der Waals surface area contributed by atoms with Crippen molar-refractivity contribution in [2.24, 2.45) is 0 Å². The van der Waals surface area contributed by atoms with E-state index in [1.807, 2.05) is 18.2 Å². The van der Waals surface area contributed by atoms with Crippen LogP contribution in [0.2, 0.25) is 0 Å². The summed E-state index contributed by atoms with van der Waals surface area (Å²) in [5.74, 6) is 1.87. The summed E-state index contributed by atoms with van der Waals surface area (Å²) in [4.78, 5) is 26.0. The van der Waals surface area contributed by atoms with E-state index < -0.39 is 0 Å². The number of benzene rings is 2. The van der Waals surface area contributed by atoms with Gasteiger partial charge in [0.05, 0.1) is 12.8 Å². The summed E-state index contributed by atoms with van der Waals surface area (Å²) >= 11 is 0. The van der Waals surface area contributed by atoms with Gasteiger partial charge in [-0.1, -0.05) is 0 Å². The number of anilines is 2. The summed E-state index contributed by atoms with van der Waals surface area (Å²) in [6.45, 7) is 0.119. The second-order valence-corrected chi connectivity index (χ2v) is 6.91. The summed E-state index contributed by atoms with van der Waals surface area (Å²) in [7, 11) is 3.28. The van der Waals surface area contributed by atoms with Crippen molar-refractivity contribution in [1.29, 1.82) is 0 Å². The fourth-order valence-corrected chi connectivity index (χ4v) is 3.87. The molecule has 28 heavy (non-hydrogen) atoms. The monoisotopic (exact) mass is 382 g/mol. The first-order valence-electron chi connectivity index (χ1n) is 8.90. The Balaban J connectivity index is 1.65. The van der Waals surface area contributed by atoms with E-state index in [2.05, 4.69) is 5.32 Å². The average Bonchev–Trinajstić information content (AvgIpc) is 3.17. The van der Waals surface area contributed by atoms with Gasteiger partial charge in [-0.25, -0.2) is 0 Å². The quantitative estimate of drug-likeness (QED) is 0.857. The maximum absolute atomic E-state index is 12.4. The molecule has 3 aliphatic heterocycles. The standard InChI is InChI=1S/C20H18N2O6/c1-22-14-5-12-11(10-3-16(25-2)20-17(4-10)27-9-28-20)6-18(23)21-13(12)7-15(14)26-8-19(22)24/h3-5,7,11H,6,8-9H2,1-2H3,(H,21,23)/t11-/m1/s1. The van der Waals surface area contributed by atoms with Crippen molar-refractivity contribution in [2.45, 2.75) is 12.3 Å². The lowest BCUT2D eigenvalue weighted by Crippen LogP contribution is -2.36. The lowest BCUT2D eigenvalue weighted by molar-refractivity contribution is -0.121. The van der Waals surface area contributed by atoms with Gasteiger partial charge in [-0.2, -0.15) is 0 Å². The van der Waals surface area contributed by atoms with Crippen LogP contribution in [0.15, 0.2) is 24.3 Å². The maximum Gasteiger partial charge on any atom is 0.264 e. The lowest BCUT2D eigenvalue weighted by Gasteiger charge is -2.31. The third-order valence-corrected chi connectivity index (χ3v) is 5.34. The van der Waals surface area contributed by atoms with E-state index in [4.69, 9.17) is 18.9 Å². The molecule has 2 amide bonds. The van der Waals surface area contributed by atoms with Crippen molar-refractivity contribution in [3.8, 4) is 23.0 Å². The number of rotatable bonds is 2. The molecule has 0 bridgehead atoms. The minimum atomic E-state index is -0.220. The van der Waals surface area contributed by atoms with Crippen LogP contribution in [0.4, 0.5) is 11.4 Å². The summed E-state index contributed by atoms with van der Waals surface area (Å²) in [6.07, 6.45) is 0.271. The van der Waals surface area contributed by atoms with Crippen LogP contribution in [0.1, 0.15) is 23.5 Å². The second-order valence-electron chi connectivity index (χ2n) is 6.91. The Morgan fingerprint density at radius 3 is 2.79 bits per heavy atom. The van der Waals surface area contributed by atoms with Gasteiger partial charge in [0.25, 0.3) is 5.91 Å². The van der Waals surface area contributed by atoms with Crippen molar-refractivity contribution in [3.05, 3.63) is 35.4 Å². The Morgan fingerprint density at radius 1 is 1.11 bits per heavy atom. The van der Waals surface area contributed by atoms with Crippen LogP contribution < -0.4 is 29.2 Å². The summed E-state index contributed by atoms with van der Waals surface area (Å²) in [6, 6.07) is 7.43. The van der Waals surface area contributed by atoms with Gasteiger partial charge in [-0.05, 0) is 29.3 Å². The van der Waals surface area contributed by atoms with Gasteiger partial charge in [0.1, 0.15) is 5.75 Å². The Kier molecular flexibility index (Phi) is 3.61. The SMILES string of the molecule is COc1cc([C@H]2CC(=O)Nc3cc4c(cc32)N(C)C(=O)CO4)cc2c1OCO2. The molecule has 2 aromatic carbocycles. The zero-order valence-electron chi connectivity index (χ0n) is 15.4. The van der Waals surface area contributed by atoms with Crippen molar-refractivity contribution >= 4 is 23.2 Å². The van der Waals surface area contributed by atoms with E-state index >= 15 is 0 Å². The normalized spacial score (nSPS) is 19.5. The fraction of sp³-hybridized carbons (Fsp3) is 0.300. The molecule has 2 aromatic rings. The highest BCUT2D eigenvalue weighted by molar-refractivity contribution is 6.00.